The highest BCUT2D eigenvalue weighted by Crippen LogP contribution is 2.14. The number of nitrogens with zero attached hydrogens (tertiary/aromatic N) is 3. The van der Waals surface area contributed by atoms with Crippen molar-refractivity contribution in [3.63, 3.8) is 0 Å². The molecular formula is C21H27N5O3S. The molecule has 160 valence electrons. The maximum absolute atomic E-state index is 12.7. The Morgan fingerprint density at radius 1 is 1.13 bits per heavy atom. The van der Waals surface area contributed by atoms with Crippen LogP contribution in [0.25, 0.3) is 5.82 Å². The van der Waals surface area contributed by atoms with E-state index in [2.05, 4.69) is 14.8 Å². The van der Waals surface area contributed by atoms with Crippen molar-refractivity contribution in [2.24, 2.45) is 0 Å². The highest BCUT2D eigenvalue weighted by Gasteiger charge is 2.27. The third-order valence-electron chi connectivity index (χ3n) is 4.47. The fourth-order valence-corrected chi connectivity index (χ4v) is 4.78. The number of aromatic amines is 1. The van der Waals surface area contributed by atoms with E-state index in [0.717, 1.165) is 5.56 Å². The molecule has 0 saturated carbocycles. The Balaban J connectivity index is 1.80. The molecule has 9 heteroatoms. The van der Waals surface area contributed by atoms with Gasteiger partial charge in [-0.2, -0.15) is 0 Å². The van der Waals surface area contributed by atoms with E-state index in [1.807, 2.05) is 63.2 Å². The molecule has 3 aromatic rings. The molecule has 0 spiro atoms. The van der Waals surface area contributed by atoms with Crippen molar-refractivity contribution < 1.29 is 8.42 Å². The molecule has 2 N–H and O–H groups in total. The Kier molecular flexibility index (Phi) is 6.25. The second-order valence-corrected chi connectivity index (χ2v) is 9.86. The van der Waals surface area contributed by atoms with E-state index in [0.29, 0.717) is 24.3 Å². The van der Waals surface area contributed by atoms with Crippen LogP contribution >= 0.6 is 0 Å². The molecule has 8 nitrogen and oxygen atoms in total. The van der Waals surface area contributed by atoms with Gasteiger partial charge >= 0.3 is 0 Å². The van der Waals surface area contributed by atoms with Gasteiger partial charge in [-0.25, -0.2) is 22.8 Å². The highest BCUT2D eigenvalue weighted by atomic mass is 32.2. The fraction of sp³-hybridized carbons (Fsp3) is 0.333. The first-order valence-corrected chi connectivity index (χ1v) is 11.0. The Bertz CT molecular complexity index is 1150. The largest absolute Gasteiger partial charge is 0.308 e. The van der Waals surface area contributed by atoms with Crippen molar-refractivity contribution in [1.82, 2.24) is 24.4 Å². The van der Waals surface area contributed by atoms with Crippen LogP contribution in [0.4, 0.5) is 0 Å². The summed E-state index contributed by atoms with van der Waals surface area (Å²) < 4.78 is 29.4. The molecule has 0 bridgehead atoms. The number of hydrogen-bond donors (Lipinski definition) is 2. The average Bonchev–Trinajstić information content (AvgIpc) is 3.01. The maximum atomic E-state index is 12.7. The predicted molar refractivity (Wildman–Crippen MR) is 116 cm³/mol. The van der Waals surface area contributed by atoms with Crippen LogP contribution in [0.1, 0.15) is 25.0 Å². The predicted octanol–water partition coefficient (Wildman–Crippen LogP) is 1.77. The molecule has 0 radical (unpaired) electrons. The Hall–Kier alpha value is -2.75. The summed E-state index contributed by atoms with van der Waals surface area (Å²) in [5.41, 5.74) is 0.768. The van der Waals surface area contributed by atoms with Crippen LogP contribution in [-0.2, 0) is 16.4 Å². The number of likely N-dealkylation sites (N-methyl/N-ethyl adjacent to an activating group) is 1. The Labute approximate surface area is 176 Å². The van der Waals surface area contributed by atoms with Crippen molar-refractivity contribution in [2.45, 2.75) is 30.7 Å². The van der Waals surface area contributed by atoms with Gasteiger partial charge in [-0.3, -0.25) is 9.89 Å². The van der Waals surface area contributed by atoms with Gasteiger partial charge in [0.15, 0.2) is 5.82 Å². The van der Waals surface area contributed by atoms with Crippen molar-refractivity contribution in [3.8, 4) is 5.82 Å². The summed E-state index contributed by atoms with van der Waals surface area (Å²) in [6.07, 6.45) is 3.40. The molecule has 0 fully saturated rings. The van der Waals surface area contributed by atoms with Crippen LogP contribution < -0.4 is 10.3 Å². The minimum atomic E-state index is -3.74. The monoisotopic (exact) mass is 429 g/mol. The zero-order valence-electron chi connectivity index (χ0n) is 17.6. The van der Waals surface area contributed by atoms with Crippen LogP contribution in [0.3, 0.4) is 0 Å². The summed E-state index contributed by atoms with van der Waals surface area (Å²) in [6.45, 7) is 4.18. The van der Waals surface area contributed by atoms with Gasteiger partial charge in [0.1, 0.15) is 4.90 Å². The molecule has 0 aliphatic heterocycles. The van der Waals surface area contributed by atoms with Crippen molar-refractivity contribution >= 4 is 10.0 Å². The van der Waals surface area contributed by atoms with Gasteiger partial charge in [0.05, 0.1) is 0 Å². The van der Waals surface area contributed by atoms with E-state index in [1.54, 1.807) is 6.20 Å². The third kappa shape index (κ3) is 5.24. The molecule has 2 aromatic heterocycles. The number of nitrogens with one attached hydrogen (secondary N) is 2. The average molecular weight is 430 g/mol. The third-order valence-corrected chi connectivity index (χ3v) is 6.15. The molecule has 30 heavy (non-hydrogen) atoms. The summed E-state index contributed by atoms with van der Waals surface area (Å²) in [7, 11) is 0.0181. The topological polar surface area (TPSA) is 100 Å². The summed E-state index contributed by atoms with van der Waals surface area (Å²) in [4.78, 5) is 18.8. The second kappa shape index (κ2) is 8.55. The van der Waals surface area contributed by atoms with E-state index in [9.17, 15) is 13.2 Å². The number of H-pyrrole nitrogens is 1. The number of hydrogen-bond acceptors (Lipinski definition) is 5. The van der Waals surface area contributed by atoms with Crippen molar-refractivity contribution in [1.29, 1.82) is 0 Å². The van der Waals surface area contributed by atoms with E-state index in [4.69, 9.17) is 0 Å². The van der Waals surface area contributed by atoms with E-state index >= 15 is 0 Å². The van der Waals surface area contributed by atoms with Crippen LogP contribution in [0, 0.1) is 0 Å². The lowest BCUT2D eigenvalue weighted by Crippen LogP contribution is -2.49. The zero-order valence-corrected chi connectivity index (χ0v) is 18.4. The minimum Gasteiger partial charge on any atom is -0.308 e. The van der Waals surface area contributed by atoms with Crippen LogP contribution in [0.2, 0.25) is 0 Å². The summed E-state index contributed by atoms with van der Waals surface area (Å²) in [5, 5.41) is 2.90. The summed E-state index contributed by atoms with van der Waals surface area (Å²) in [5.74, 6) is 0.325. The first-order chi connectivity index (χ1) is 14.1. The Morgan fingerprint density at radius 2 is 1.83 bits per heavy atom. The SMILES string of the molecule is CN(C)CC(C)(C)NS(=O)(=O)c1ccc(-n2[nH]cc(Cc3ccccc3)c2=O)nc1. The highest BCUT2D eigenvalue weighted by molar-refractivity contribution is 7.89. The van der Waals surface area contributed by atoms with Gasteiger partial charge in [0.25, 0.3) is 5.56 Å². The first-order valence-electron chi connectivity index (χ1n) is 9.56. The van der Waals surface area contributed by atoms with Gasteiger partial charge in [0, 0.05) is 36.5 Å². The lowest BCUT2D eigenvalue weighted by atomic mass is 10.1. The maximum Gasteiger partial charge on any atom is 0.276 e. The van der Waals surface area contributed by atoms with E-state index in [1.165, 1.54) is 23.0 Å². The second-order valence-electron chi connectivity index (χ2n) is 8.18. The van der Waals surface area contributed by atoms with Crippen LogP contribution in [-0.4, -0.2) is 54.3 Å². The molecule has 0 amide bonds. The molecule has 0 unspecified atom stereocenters. The van der Waals surface area contributed by atoms with E-state index < -0.39 is 15.6 Å². The Morgan fingerprint density at radius 3 is 2.43 bits per heavy atom. The smallest absolute Gasteiger partial charge is 0.276 e. The first kappa shape index (κ1) is 21.9. The molecule has 2 heterocycles. The van der Waals surface area contributed by atoms with Crippen molar-refractivity contribution in [2.75, 3.05) is 20.6 Å². The van der Waals surface area contributed by atoms with E-state index in [-0.39, 0.29) is 10.5 Å². The number of sulfonamides is 1. The van der Waals surface area contributed by atoms with Gasteiger partial charge in [-0.15, -0.1) is 0 Å². The summed E-state index contributed by atoms with van der Waals surface area (Å²) in [6, 6.07) is 12.6. The molecule has 0 saturated heterocycles. The minimum absolute atomic E-state index is 0.0437. The zero-order chi connectivity index (χ0) is 21.9. The number of aromatic nitrogens is 3. The molecule has 0 aliphatic carbocycles. The van der Waals surface area contributed by atoms with Gasteiger partial charge < -0.3 is 4.90 Å². The standard InChI is InChI=1S/C21H27N5O3S/c1-21(2,15-25(3)4)24-30(28,29)18-10-11-19(22-14-18)26-20(27)17(13-23-26)12-16-8-6-5-7-9-16/h5-11,13-14,23-24H,12,15H2,1-4H3. The van der Waals surface area contributed by atoms with Gasteiger partial charge in [-0.1, -0.05) is 30.3 Å². The summed E-state index contributed by atoms with van der Waals surface area (Å²) >= 11 is 0. The number of rotatable bonds is 8. The van der Waals surface area contributed by atoms with Crippen LogP contribution in [0.5, 0.6) is 0 Å². The normalized spacial score (nSPS) is 12.4. The molecule has 0 aliphatic rings. The lowest BCUT2D eigenvalue weighted by Gasteiger charge is -2.29. The number of benzene rings is 1. The molecule has 1 aromatic carbocycles. The van der Waals surface area contributed by atoms with Crippen LogP contribution in [0.15, 0.2) is 64.5 Å². The quantitative estimate of drug-likeness (QED) is 0.568. The molecular weight excluding hydrogens is 402 g/mol. The van der Waals surface area contributed by atoms with Crippen molar-refractivity contribution in [3.05, 3.63) is 76.3 Å². The molecule has 0 atom stereocenters. The fourth-order valence-electron chi connectivity index (χ4n) is 3.43. The number of pyridine rings is 1. The lowest BCUT2D eigenvalue weighted by molar-refractivity contribution is 0.298. The van der Waals surface area contributed by atoms with Gasteiger partial charge in [-0.05, 0) is 45.6 Å². The van der Waals surface area contributed by atoms with Gasteiger partial charge in [0.2, 0.25) is 10.0 Å². The molecule has 3 rings (SSSR count).